The molecule has 3 nitrogen and oxygen atoms in total. The van der Waals surface area contributed by atoms with Gasteiger partial charge in [0.15, 0.2) is 0 Å². The van der Waals surface area contributed by atoms with Crippen molar-refractivity contribution in [1.29, 1.82) is 0 Å². The second kappa shape index (κ2) is 4.94. The average Bonchev–Trinajstić information content (AvgIpc) is 2.90. The molecule has 2 aliphatic heterocycles. The number of rotatable bonds is 2. The third kappa shape index (κ3) is 2.04. The lowest BCUT2D eigenvalue weighted by atomic mass is 9.91. The first-order chi connectivity index (χ1) is 8.77. The molecule has 18 heavy (non-hydrogen) atoms. The molecule has 3 rings (SSSR count). The Morgan fingerprint density at radius 1 is 1.39 bits per heavy atom. The van der Waals surface area contributed by atoms with E-state index in [1.54, 1.807) is 0 Å². The summed E-state index contributed by atoms with van der Waals surface area (Å²) < 4.78 is 0. The predicted octanol–water partition coefficient (Wildman–Crippen LogP) is 2.18. The maximum absolute atomic E-state index is 11.6. The van der Waals surface area contributed by atoms with Crippen molar-refractivity contribution >= 4 is 17.7 Å². The van der Waals surface area contributed by atoms with Gasteiger partial charge in [0.1, 0.15) is 6.04 Å². The van der Waals surface area contributed by atoms with Crippen LogP contribution in [-0.2, 0) is 11.2 Å². The van der Waals surface area contributed by atoms with Gasteiger partial charge in [0.2, 0.25) is 0 Å². The van der Waals surface area contributed by atoms with Gasteiger partial charge < -0.3 is 5.11 Å². The van der Waals surface area contributed by atoms with E-state index < -0.39 is 12.0 Å². The third-order valence-electron chi connectivity index (χ3n) is 3.93. The molecule has 0 aliphatic carbocycles. The summed E-state index contributed by atoms with van der Waals surface area (Å²) in [7, 11) is 0. The third-order valence-corrected chi connectivity index (χ3v) is 5.07. The molecule has 0 amide bonds. The second-order valence-corrected chi connectivity index (χ2v) is 6.09. The lowest BCUT2D eigenvalue weighted by Crippen LogP contribution is -2.46. The minimum atomic E-state index is -0.709. The molecular formula is C14H17NO2S. The van der Waals surface area contributed by atoms with E-state index in [9.17, 15) is 9.90 Å². The Morgan fingerprint density at radius 2 is 2.22 bits per heavy atom. The van der Waals surface area contributed by atoms with Crippen molar-refractivity contribution in [2.45, 2.75) is 24.9 Å². The lowest BCUT2D eigenvalue weighted by Gasteiger charge is -2.38. The molecule has 0 saturated carbocycles. The van der Waals surface area contributed by atoms with E-state index in [2.05, 4.69) is 11.0 Å². The maximum atomic E-state index is 11.6. The summed E-state index contributed by atoms with van der Waals surface area (Å²) in [6, 6.07) is 7.97. The number of benzene rings is 1. The lowest BCUT2D eigenvalue weighted by molar-refractivity contribution is -0.145. The Bertz CT molecular complexity index is 457. The van der Waals surface area contributed by atoms with E-state index in [1.165, 1.54) is 5.56 Å². The van der Waals surface area contributed by atoms with Crippen LogP contribution in [-0.4, -0.2) is 40.1 Å². The van der Waals surface area contributed by atoms with Gasteiger partial charge in [-0.05, 0) is 29.7 Å². The normalized spacial score (nSPS) is 28.0. The SMILES string of the molecule is O=C(O)C1c2ccccc2CCN1C1CCSC1. The number of nitrogens with zero attached hydrogens (tertiary/aromatic N) is 1. The van der Waals surface area contributed by atoms with Gasteiger partial charge in [0.25, 0.3) is 0 Å². The fourth-order valence-corrected chi connectivity index (χ4v) is 4.27. The molecule has 96 valence electrons. The van der Waals surface area contributed by atoms with Crippen LogP contribution in [0.15, 0.2) is 24.3 Å². The van der Waals surface area contributed by atoms with Gasteiger partial charge in [0.05, 0.1) is 0 Å². The topological polar surface area (TPSA) is 40.5 Å². The fraction of sp³-hybridized carbons (Fsp3) is 0.500. The highest BCUT2D eigenvalue weighted by atomic mass is 32.2. The van der Waals surface area contributed by atoms with Crippen LogP contribution in [0.2, 0.25) is 0 Å². The summed E-state index contributed by atoms with van der Waals surface area (Å²) in [5.74, 6) is 1.53. The molecule has 1 aromatic rings. The predicted molar refractivity (Wildman–Crippen MR) is 73.0 cm³/mol. The molecule has 1 N–H and O–H groups in total. The molecule has 1 aromatic carbocycles. The van der Waals surface area contributed by atoms with Crippen LogP contribution >= 0.6 is 11.8 Å². The van der Waals surface area contributed by atoms with Gasteiger partial charge in [-0.1, -0.05) is 24.3 Å². The largest absolute Gasteiger partial charge is 0.480 e. The number of carboxylic acid groups (broad SMARTS) is 1. The molecule has 0 radical (unpaired) electrons. The minimum absolute atomic E-state index is 0.435. The highest BCUT2D eigenvalue weighted by Crippen LogP contribution is 2.35. The number of fused-ring (bicyclic) bond motifs is 1. The van der Waals surface area contributed by atoms with E-state index in [0.717, 1.165) is 36.5 Å². The van der Waals surface area contributed by atoms with Gasteiger partial charge >= 0.3 is 5.97 Å². The first-order valence-corrected chi connectivity index (χ1v) is 7.57. The Labute approximate surface area is 111 Å². The van der Waals surface area contributed by atoms with Crippen LogP contribution in [0, 0.1) is 0 Å². The Hall–Kier alpha value is -1.00. The molecule has 2 atom stereocenters. The van der Waals surface area contributed by atoms with Gasteiger partial charge in [-0.25, -0.2) is 0 Å². The molecule has 4 heteroatoms. The zero-order valence-corrected chi connectivity index (χ0v) is 11.0. The summed E-state index contributed by atoms with van der Waals surface area (Å²) in [5, 5.41) is 9.57. The Balaban J connectivity index is 1.95. The molecule has 2 heterocycles. The summed E-state index contributed by atoms with van der Waals surface area (Å²) >= 11 is 1.94. The smallest absolute Gasteiger partial charge is 0.325 e. The van der Waals surface area contributed by atoms with Crippen LogP contribution in [0.3, 0.4) is 0 Å². The molecule has 2 aliphatic rings. The van der Waals surface area contributed by atoms with Crippen LogP contribution in [0.25, 0.3) is 0 Å². The van der Waals surface area contributed by atoms with Crippen LogP contribution in [0.5, 0.6) is 0 Å². The van der Waals surface area contributed by atoms with Gasteiger partial charge in [-0.2, -0.15) is 11.8 Å². The van der Waals surface area contributed by atoms with Crippen molar-refractivity contribution < 1.29 is 9.90 Å². The molecular weight excluding hydrogens is 246 g/mol. The monoisotopic (exact) mass is 263 g/mol. The highest BCUT2D eigenvalue weighted by molar-refractivity contribution is 7.99. The van der Waals surface area contributed by atoms with Crippen molar-refractivity contribution in [3.63, 3.8) is 0 Å². The van der Waals surface area contributed by atoms with Crippen LogP contribution in [0.1, 0.15) is 23.6 Å². The Kier molecular flexibility index (Phi) is 3.31. The highest BCUT2D eigenvalue weighted by Gasteiger charge is 2.37. The Morgan fingerprint density at radius 3 is 2.94 bits per heavy atom. The van der Waals surface area contributed by atoms with E-state index >= 15 is 0 Å². The number of hydrogen-bond donors (Lipinski definition) is 1. The number of aliphatic carboxylic acids is 1. The van der Waals surface area contributed by atoms with Crippen molar-refractivity contribution in [2.24, 2.45) is 0 Å². The van der Waals surface area contributed by atoms with E-state index in [-0.39, 0.29) is 0 Å². The first-order valence-electron chi connectivity index (χ1n) is 6.41. The summed E-state index contributed by atoms with van der Waals surface area (Å²) in [5.41, 5.74) is 2.19. The van der Waals surface area contributed by atoms with Gasteiger partial charge in [0, 0.05) is 18.3 Å². The number of carboxylic acids is 1. The standard InChI is InChI=1S/C14H17NO2S/c16-14(17)13-12-4-2-1-3-10(12)5-7-15(13)11-6-8-18-9-11/h1-4,11,13H,5-9H2,(H,16,17). The molecule has 2 unspecified atom stereocenters. The van der Waals surface area contributed by atoms with Crippen LogP contribution < -0.4 is 0 Å². The molecule has 1 saturated heterocycles. The average molecular weight is 263 g/mol. The summed E-state index contributed by atoms with van der Waals surface area (Å²) in [6.45, 7) is 0.874. The quantitative estimate of drug-likeness (QED) is 0.888. The number of carbonyl (C=O) groups is 1. The van der Waals surface area contributed by atoms with Gasteiger partial charge in [-0.3, -0.25) is 9.69 Å². The first kappa shape index (κ1) is 12.1. The molecule has 0 bridgehead atoms. The van der Waals surface area contributed by atoms with Crippen molar-refractivity contribution in [3.8, 4) is 0 Å². The van der Waals surface area contributed by atoms with E-state index in [1.807, 2.05) is 30.0 Å². The van der Waals surface area contributed by atoms with Crippen molar-refractivity contribution in [2.75, 3.05) is 18.1 Å². The number of thioether (sulfide) groups is 1. The van der Waals surface area contributed by atoms with Crippen LogP contribution in [0.4, 0.5) is 0 Å². The second-order valence-electron chi connectivity index (χ2n) is 4.94. The van der Waals surface area contributed by atoms with Crippen molar-refractivity contribution in [3.05, 3.63) is 35.4 Å². The summed E-state index contributed by atoms with van der Waals surface area (Å²) in [4.78, 5) is 13.8. The van der Waals surface area contributed by atoms with E-state index in [4.69, 9.17) is 0 Å². The summed E-state index contributed by atoms with van der Waals surface area (Å²) in [6.07, 6.45) is 2.09. The zero-order valence-electron chi connectivity index (χ0n) is 10.2. The number of hydrogen-bond acceptors (Lipinski definition) is 3. The molecule has 0 spiro atoms. The minimum Gasteiger partial charge on any atom is -0.480 e. The maximum Gasteiger partial charge on any atom is 0.325 e. The van der Waals surface area contributed by atoms with Gasteiger partial charge in [-0.15, -0.1) is 0 Å². The van der Waals surface area contributed by atoms with Crippen molar-refractivity contribution in [1.82, 2.24) is 4.90 Å². The zero-order chi connectivity index (χ0) is 12.5. The molecule has 1 fully saturated rings. The fourth-order valence-electron chi connectivity index (χ4n) is 3.04. The molecule has 0 aromatic heterocycles. The van der Waals surface area contributed by atoms with E-state index in [0.29, 0.717) is 6.04 Å².